The Kier molecular flexibility index (Phi) is 4.24. The van der Waals surface area contributed by atoms with Crippen molar-refractivity contribution in [3.8, 4) is 0 Å². The van der Waals surface area contributed by atoms with E-state index in [2.05, 4.69) is 26.1 Å². The number of benzene rings is 1. The number of aromatic nitrogens is 2. The number of nitrogens with one attached hydrogen (secondary N) is 3. The monoisotopic (exact) mass is 337 g/mol. The van der Waals surface area contributed by atoms with Crippen molar-refractivity contribution in [3.05, 3.63) is 42.0 Å². The molecule has 0 spiro atoms. The van der Waals surface area contributed by atoms with E-state index < -0.39 is 11.7 Å². The van der Waals surface area contributed by atoms with E-state index in [0.29, 0.717) is 0 Å². The minimum absolute atomic E-state index is 0.222. The summed E-state index contributed by atoms with van der Waals surface area (Å²) < 4.78 is 38.0. The van der Waals surface area contributed by atoms with Crippen LogP contribution in [0.1, 0.15) is 18.4 Å². The van der Waals surface area contributed by atoms with Crippen molar-refractivity contribution in [2.75, 3.05) is 10.6 Å². The Hall–Kier alpha value is -2.84. The van der Waals surface area contributed by atoms with Crippen molar-refractivity contribution in [3.63, 3.8) is 0 Å². The molecule has 0 aliphatic heterocycles. The zero-order chi connectivity index (χ0) is 17.2. The molecule has 126 valence electrons. The van der Waals surface area contributed by atoms with Crippen LogP contribution in [-0.2, 0) is 6.18 Å². The lowest BCUT2D eigenvalue weighted by molar-refractivity contribution is -0.137. The van der Waals surface area contributed by atoms with E-state index >= 15 is 0 Å². The summed E-state index contributed by atoms with van der Waals surface area (Å²) in [4.78, 5) is 11.6. The molecule has 1 aromatic heterocycles. The summed E-state index contributed by atoms with van der Waals surface area (Å²) in [6, 6.07) is 7.66. The quantitative estimate of drug-likeness (QED) is 0.797. The van der Waals surface area contributed by atoms with Crippen molar-refractivity contribution < 1.29 is 18.0 Å². The van der Waals surface area contributed by atoms with Gasteiger partial charge in [-0.15, -0.1) is 10.2 Å². The highest BCUT2D eigenvalue weighted by Crippen LogP contribution is 2.31. The van der Waals surface area contributed by atoms with Crippen molar-refractivity contribution in [1.82, 2.24) is 15.5 Å². The molecule has 1 heterocycles. The maximum absolute atomic E-state index is 12.7. The summed E-state index contributed by atoms with van der Waals surface area (Å²) in [5.41, 5.74) is -0.512. The van der Waals surface area contributed by atoms with E-state index in [0.717, 1.165) is 25.0 Å². The second kappa shape index (κ2) is 6.34. The van der Waals surface area contributed by atoms with Gasteiger partial charge < -0.3 is 10.6 Å². The predicted octanol–water partition coefficient (Wildman–Crippen LogP) is 3.52. The van der Waals surface area contributed by atoms with Crippen LogP contribution in [0.2, 0.25) is 0 Å². The topological polar surface area (TPSA) is 78.9 Å². The average Bonchev–Trinajstić information content (AvgIpc) is 3.32. The number of anilines is 3. The third kappa shape index (κ3) is 4.34. The zero-order valence-electron chi connectivity index (χ0n) is 12.4. The van der Waals surface area contributed by atoms with Gasteiger partial charge in [-0.25, -0.2) is 4.79 Å². The Morgan fingerprint density at radius 3 is 2.42 bits per heavy atom. The Morgan fingerprint density at radius 1 is 1.08 bits per heavy atom. The van der Waals surface area contributed by atoms with Crippen LogP contribution in [0.5, 0.6) is 0 Å². The molecule has 0 unspecified atom stereocenters. The maximum Gasteiger partial charge on any atom is 0.416 e. The summed E-state index contributed by atoms with van der Waals surface area (Å²) in [5, 5.41) is 15.6. The lowest BCUT2D eigenvalue weighted by Crippen LogP contribution is -2.30. The van der Waals surface area contributed by atoms with Crippen LogP contribution in [0.3, 0.4) is 0 Å². The lowest BCUT2D eigenvalue weighted by atomic mass is 10.2. The van der Waals surface area contributed by atoms with E-state index in [4.69, 9.17) is 0 Å². The summed E-state index contributed by atoms with van der Waals surface area (Å²) in [5.74, 6) is 0.519. The van der Waals surface area contributed by atoms with Gasteiger partial charge >= 0.3 is 12.2 Å². The fourth-order valence-corrected chi connectivity index (χ4v) is 1.95. The van der Waals surface area contributed by atoms with Crippen molar-refractivity contribution in [2.24, 2.45) is 0 Å². The van der Waals surface area contributed by atoms with Gasteiger partial charge in [-0.1, -0.05) is 6.07 Å². The molecule has 6 nitrogen and oxygen atoms in total. The SMILES string of the molecule is O=C(Nc1ccc(Nc2cccc(C(F)(F)F)c2)nn1)NC1CC1. The van der Waals surface area contributed by atoms with Gasteiger partial charge in [0.2, 0.25) is 0 Å². The first-order chi connectivity index (χ1) is 11.4. The minimum atomic E-state index is -4.41. The normalized spacial score (nSPS) is 14.1. The smallest absolute Gasteiger partial charge is 0.339 e. The number of carbonyl (C=O) groups excluding carboxylic acids is 1. The van der Waals surface area contributed by atoms with Gasteiger partial charge in [0.05, 0.1) is 5.56 Å². The van der Waals surface area contributed by atoms with Crippen LogP contribution in [0.25, 0.3) is 0 Å². The van der Waals surface area contributed by atoms with Gasteiger partial charge in [-0.2, -0.15) is 13.2 Å². The standard InChI is InChI=1S/C15H14F3N5O/c16-15(17,18)9-2-1-3-11(8-9)19-12-6-7-13(23-22-12)21-14(24)20-10-4-5-10/h1-3,6-8,10H,4-5H2,(H,19,22)(H2,20,21,23,24). The zero-order valence-corrected chi connectivity index (χ0v) is 12.4. The molecule has 1 fully saturated rings. The largest absolute Gasteiger partial charge is 0.416 e. The Balaban J connectivity index is 1.62. The molecular formula is C15H14F3N5O. The number of rotatable bonds is 4. The number of halogens is 3. The van der Waals surface area contributed by atoms with E-state index in [9.17, 15) is 18.0 Å². The molecule has 0 bridgehead atoms. The summed E-state index contributed by atoms with van der Waals surface area (Å²) in [7, 11) is 0. The third-order valence-corrected chi connectivity index (χ3v) is 3.28. The first-order valence-corrected chi connectivity index (χ1v) is 7.26. The molecule has 2 amide bonds. The van der Waals surface area contributed by atoms with Crippen LogP contribution < -0.4 is 16.0 Å². The molecule has 1 aliphatic rings. The van der Waals surface area contributed by atoms with Gasteiger partial charge in [-0.05, 0) is 43.2 Å². The number of hydrogen-bond donors (Lipinski definition) is 3. The van der Waals surface area contributed by atoms with Gasteiger partial charge in [0.15, 0.2) is 11.6 Å². The number of urea groups is 1. The average molecular weight is 337 g/mol. The second-order valence-electron chi connectivity index (χ2n) is 5.38. The summed E-state index contributed by atoms with van der Waals surface area (Å²) in [6.07, 6.45) is -2.47. The van der Waals surface area contributed by atoms with Crippen molar-refractivity contribution in [2.45, 2.75) is 25.1 Å². The summed E-state index contributed by atoms with van der Waals surface area (Å²) in [6.45, 7) is 0. The van der Waals surface area contributed by atoms with Crippen molar-refractivity contribution in [1.29, 1.82) is 0 Å². The number of nitrogens with zero attached hydrogens (tertiary/aromatic N) is 2. The molecule has 0 saturated heterocycles. The summed E-state index contributed by atoms with van der Waals surface area (Å²) >= 11 is 0. The molecule has 0 radical (unpaired) electrons. The van der Waals surface area contributed by atoms with Crippen LogP contribution in [0.4, 0.5) is 35.3 Å². The molecule has 1 saturated carbocycles. The fourth-order valence-electron chi connectivity index (χ4n) is 1.95. The fraction of sp³-hybridized carbons (Fsp3) is 0.267. The highest BCUT2D eigenvalue weighted by Gasteiger charge is 2.30. The second-order valence-corrected chi connectivity index (χ2v) is 5.38. The van der Waals surface area contributed by atoms with E-state index in [1.807, 2.05) is 0 Å². The minimum Gasteiger partial charge on any atom is -0.339 e. The lowest BCUT2D eigenvalue weighted by Gasteiger charge is -2.10. The molecule has 3 N–H and O–H groups in total. The Morgan fingerprint density at radius 2 is 1.79 bits per heavy atom. The van der Waals surface area contributed by atoms with Crippen LogP contribution in [0, 0.1) is 0 Å². The first kappa shape index (κ1) is 16.0. The first-order valence-electron chi connectivity index (χ1n) is 7.26. The molecule has 1 aliphatic carbocycles. The predicted molar refractivity (Wildman–Crippen MR) is 81.9 cm³/mol. The highest BCUT2D eigenvalue weighted by atomic mass is 19.4. The van der Waals surface area contributed by atoms with Gasteiger partial charge in [0, 0.05) is 11.7 Å². The number of alkyl halides is 3. The molecular weight excluding hydrogens is 323 g/mol. The van der Waals surface area contributed by atoms with Crippen LogP contribution in [-0.4, -0.2) is 22.3 Å². The van der Waals surface area contributed by atoms with E-state index in [1.54, 1.807) is 0 Å². The molecule has 3 rings (SSSR count). The number of carbonyl (C=O) groups is 1. The van der Waals surface area contributed by atoms with Crippen LogP contribution in [0.15, 0.2) is 36.4 Å². The number of amides is 2. The van der Waals surface area contributed by atoms with Crippen LogP contribution >= 0.6 is 0 Å². The van der Waals surface area contributed by atoms with Gasteiger partial charge in [-0.3, -0.25) is 5.32 Å². The molecule has 1 aromatic carbocycles. The Bertz CT molecular complexity index is 729. The van der Waals surface area contributed by atoms with Gasteiger partial charge in [0.1, 0.15) is 0 Å². The van der Waals surface area contributed by atoms with Gasteiger partial charge in [0.25, 0.3) is 0 Å². The molecule has 0 atom stereocenters. The van der Waals surface area contributed by atoms with E-state index in [-0.39, 0.29) is 29.4 Å². The molecule has 2 aromatic rings. The molecule has 9 heteroatoms. The Labute approximate surface area is 135 Å². The maximum atomic E-state index is 12.7. The van der Waals surface area contributed by atoms with E-state index in [1.165, 1.54) is 24.3 Å². The molecule has 24 heavy (non-hydrogen) atoms. The third-order valence-electron chi connectivity index (χ3n) is 3.28. The van der Waals surface area contributed by atoms with Crippen molar-refractivity contribution >= 4 is 23.4 Å². The highest BCUT2D eigenvalue weighted by molar-refractivity contribution is 5.88. The number of hydrogen-bond acceptors (Lipinski definition) is 4.